The quantitative estimate of drug-likeness (QED) is 0.804. The number of rotatable bonds is 1. The van der Waals surface area contributed by atoms with Crippen molar-refractivity contribution < 1.29 is 47.4 Å². The molecule has 1 aromatic carbocycles. The molecular formula is C13H15NO3Y-2. The standard InChI is InChI=1S/C12H12NO3.CH3.Y/c14-10-3-1-2-9(6-10)11-7-12(16-13-11)4-5-15-8-12;;/h1-2,6,14H,4-5,7-8H2;1H3;/q2*-1;. The predicted molar refractivity (Wildman–Crippen MR) is 63.8 cm³/mol. The maximum atomic E-state index is 9.35. The van der Waals surface area contributed by atoms with Crippen LogP contribution in [0, 0.1) is 13.5 Å². The van der Waals surface area contributed by atoms with Crippen molar-refractivity contribution in [3.8, 4) is 5.75 Å². The second kappa shape index (κ2) is 6.13. The van der Waals surface area contributed by atoms with Gasteiger partial charge in [-0.25, -0.2) is 0 Å². The van der Waals surface area contributed by atoms with E-state index in [0.717, 1.165) is 30.7 Å². The van der Waals surface area contributed by atoms with Gasteiger partial charge in [0.1, 0.15) is 0 Å². The van der Waals surface area contributed by atoms with Crippen LogP contribution in [0.25, 0.3) is 0 Å². The maximum Gasteiger partial charge on any atom is 0.168 e. The van der Waals surface area contributed by atoms with Gasteiger partial charge in [0.15, 0.2) is 5.60 Å². The van der Waals surface area contributed by atoms with Gasteiger partial charge >= 0.3 is 0 Å². The molecule has 2 aliphatic heterocycles. The third-order valence-corrected chi connectivity index (χ3v) is 3.03. The van der Waals surface area contributed by atoms with Crippen molar-refractivity contribution in [3.05, 3.63) is 37.3 Å². The minimum atomic E-state index is -0.259. The summed E-state index contributed by atoms with van der Waals surface area (Å²) >= 11 is 0. The van der Waals surface area contributed by atoms with Gasteiger partial charge in [0, 0.05) is 51.3 Å². The molecule has 1 radical (unpaired) electrons. The molecule has 1 saturated heterocycles. The van der Waals surface area contributed by atoms with Crippen LogP contribution in [0.4, 0.5) is 0 Å². The van der Waals surface area contributed by atoms with E-state index in [1.807, 2.05) is 6.07 Å². The molecule has 95 valence electrons. The number of nitrogens with zero attached hydrogens (tertiary/aromatic N) is 1. The first kappa shape index (κ1) is 15.6. The van der Waals surface area contributed by atoms with Crippen molar-refractivity contribution in [3.63, 3.8) is 0 Å². The average molecular weight is 322 g/mol. The second-order valence-electron chi connectivity index (χ2n) is 4.25. The van der Waals surface area contributed by atoms with E-state index in [2.05, 4.69) is 11.2 Å². The summed E-state index contributed by atoms with van der Waals surface area (Å²) in [4.78, 5) is 5.48. The van der Waals surface area contributed by atoms with E-state index < -0.39 is 0 Å². The molecule has 0 saturated carbocycles. The molecule has 2 aliphatic rings. The van der Waals surface area contributed by atoms with E-state index >= 15 is 0 Å². The van der Waals surface area contributed by atoms with Gasteiger partial charge in [0.25, 0.3) is 0 Å². The van der Waals surface area contributed by atoms with E-state index in [9.17, 15) is 5.11 Å². The Kier molecular flexibility index (Phi) is 5.32. The Morgan fingerprint density at radius 2 is 2.28 bits per heavy atom. The third-order valence-electron chi connectivity index (χ3n) is 3.03. The Labute approximate surface area is 132 Å². The van der Waals surface area contributed by atoms with Gasteiger partial charge in [-0.3, -0.25) is 0 Å². The molecule has 0 bridgehead atoms. The fraction of sp³-hybridized carbons (Fsp3) is 0.385. The first-order valence-electron chi connectivity index (χ1n) is 5.31. The van der Waals surface area contributed by atoms with Crippen LogP contribution < -0.4 is 0 Å². The molecule has 1 aromatic rings. The summed E-state index contributed by atoms with van der Waals surface area (Å²) in [7, 11) is 0. The zero-order chi connectivity index (χ0) is 11.0. The van der Waals surface area contributed by atoms with Gasteiger partial charge in [0.2, 0.25) is 0 Å². The molecule has 4 nitrogen and oxygen atoms in total. The molecule has 1 fully saturated rings. The minimum Gasteiger partial charge on any atom is -0.534 e. The fourth-order valence-electron chi connectivity index (χ4n) is 2.11. The topological polar surface area (TPSA) is 51.1 Å². The van der Waals surface area contributed by atoms with Gasteiger partial charge in [-0.05, 0) is 0 Å². The Hall–Kier alpha value is -0.446. The number of phenolic OH excluding ortho intramolecular Hbond substituents is 1. The zero-order valence-corrected chi connectivity index (χ0v) is 13.2. The Bertz CT molecular complexity index is 442. The number of hydrogen-bond acceptors (Lipinski definition) is 4. The molecule has 1 unspecified atom stereocenters. The first-order valence-corrected chi connectivity index (χ1v) is 5.31. The molecular weight excluding hydrogens is 307 g/mol. The van der Waals surface area contributed by atoms with Gasteiger partial charge in [-0.1, -0.05) is 5.16 Å². The number of ether oxygens (including phenoxy) is 1. The largest absolute Gasteiger partial charge is 0.534 e. The summed E-state index contributed by atoms with van der Waals surface area (Å²) in [5.74, 6) is 0.129. The van der Waals surface area contributed by atoms with Gasteiger partial charge in [0.05, 0.1) is 18.9 Å². The van der Waals surface area contributed by atoms with Crippen molar-refractivity contribution in [2.24, 2.45) is 5.16 Å². The van der Waals surface area contributed by atoms with Gasteiger partial charge < -0.3 is 22.1 Å². The van der Waals surface area contributed by atoms with Crippen molar-refractivity contribution in [2.75, 3.05) is 13.2 Å². The summed E-state index contributed by atoms with van der Waals surface area (Å²) in [6, 6.07) is 7.90. The van der Waals surface area contributed by atoms with Crippen molar-refractivity contribution in [1.82, 2.24) is 0 Å². The number of hydrogen-bond donors (Lipinski definition) is 1. The predicted octanol–water partition coefficient (Wildman–Crippen LogP) is 1.92. The first-order chi connectivity index (χ1) is 7.77. The molecule has 0 aromatic heterocycles. The van der Waals surface area contributed by atoms with Crippen LogP contribution in [0.1, 0.15) is 18.4 Å². The molecule has 1 atom stereocenters. The minimum absolute atomic E-state index is 0. The summed E-state index contributed by atoms with van der Waals surface area (Å²) in [6.07, 6.45) is 1.63. The molecule has 2 heterocycles. The molecule has 5 heteroatoms. The second-order valence-corrected chi connectivity index (χ2v) is 4.25. The molecule has 0 aliphatic carbocycles. The number of benzene rings is 1. The van der Waals surface area contributed by atoms with Crippen LogP contribution in [-0.4, -0.2) is 29.6 Å². The molecule has 3 rings (SSSR count). The van der Waals surface area contributed by atoms with E-state index in [1.165, 1.54) is 0 Å². The number of oxime groups is 1. The molecule has 1 N–H and O–H groups in total. The SMILES string of the molecule is Oc1[c-]ccc(C2=NOC3(CCOC3)C2)c1.[CH3-].[Y]. The summed E-state index contributed by atoms with van der Waals surface area (Å²) in [6.45, 7) is 1.33. The normalized spacial score (nSPS) is 25.0. The van der Waals surface area contributed by atoms with Crippen molar-refractivity contribution >= 4 is 5.71 Å². The number of aromatic hydroxyl groups is 1. The van der Waals surface area contributed by atoms with Crippen LogP contribution in [-0.2, 0) is 42.3 Å². The van der Waals surface area contributed by atoms with E-state index in [-0.39, 0.29) is 51.5 Å². The van der Waals surface area contributed by atoms with E-state index in [0.29, 0.717) is 6.61 Å². The summed E-state index contributed by atoms with van der Waals surface area (Å²) < 4.78 is 5.34. The molecule has 1 spiro atoms. The van der Waals surface area contributed by atoms with Crippen LogP contribution in [0.2, 0.25) is 0 Å². The summed E-state index contributed by atoms with van der Waals surface area (Å²) in [5, 5.41) is 13.4. The van der Waals surface area contributed by atoms with Crippen LogP contribution in [0.3, 0.4) is 0 Å². The van der Waals surface area contributed by atoms with Crippen molar-refractivity contribution in [2.45, 2.75) is 18.4 Å². The smallest absolute Gasteiger partial charge is 0.168 e. The summed E-state index contributed by atoms with van der Waals surface area (Å²) in [5.41, 5.74) is 1.50. The van der Waals surface area contributed by atoms with Crippen LogP contribution in [0.15, 0.2) is 23.4 Å². The monoisotopic (exact) mass is 322 g/mol. The Morgan fingerprint density at radius 3 is 2.94 bits per heavy atom. The average Bonchev–Trinajstić information content (AvgIpc) is 2.90. The van der Waals surface area contributed by atoms with Gasteiger partial charge in [-0.15, -0.1) is 17.7 Å². The molecule has 18 heavy (non-hydrogen) atoms. The Balaban J connectivity index is 0.000000810. The molecule has 0 amide bonds. The number of phenols is 1. The van der Waals surface area contributed by atoms with E-state index in [4.69, 9.17) is 9.57 Å². The van der Waals surface area contributed by atoms with Crippen LogP contribution in [0.5, 0.6) is 5.75 Å². The van der Waals surface area contributed by atoms with Gasteiger partial charge in [-0.2, -0.15) is 12.1 Å². The maximum absolute atomic E-state index is 9.35. The zero-order valence-electron chi connectivity index (χ0n) is 10.3. The van der Waals surface area contributed by atoms with Crippen molar-refractivity contribution in [1.29, 1.82) is 0 Å². The third kappa shape index (κ3) is 2.93. The van der Waals surface area contributed by atoms with Crippen LogP contribution >= 0.6 is 0 Å². The Morgan fingerprint density at radius 1 is 1.44 bits per heavy atom. The fourth-order valence-corrected chi connectivity index (χ4v) is 2.11. The van der Waals surface area contributed by atoms with E-state index in [1.54, 1.807) is 12.1 Å².